The Bertz CT molecular complexity index is 150. The van der Waals surface area contributed by atoms with Gasteiger partial charge in [0, 0.05) is 0 Å². The van der Waals surface area contributed by atoms with Gasteiger partial charge in [0.1, 0.15) is 0 Å². The maximum absolute atomic E-state index is 8.62. The summed E-state index contributed by atoms with van der Waals surface area (Å²) in [5, 5.41) is 0. The molecular formula is C6H6AlO. The zero-order valence-corrected chi connectivity index (χ0v) is 5.57. The van der Waals surface area contributed by atoms with Crippen molar-refractivity contribution in [3.63, 3.8) is 0 Å². The molecule has 0 aromatic heterocycles. The molecular weight excluding hydrogens is 115 g/mol. The summed E-state index contributed by atoms with van der Waals surface area (Å²) in [6, 6.07) is 9.65. The number of hydrogen-bond donors (Lipinski definition) is 1. The molecule has 0 aliphatic rings. The predicted molar refractivity (Wildman–Crippen MR) is 34.0 cm³/mol. The lowest BCUT2D eigenvalue weighted by Crippen LogP contribution is -2.11. The van der Waals surface area contributed by atoms with Crippen molar-refractivity contribution >= 4 is 20.0 Å². The van der Waals surface area contributed by atoms with E-state index >= 15 is 0 Å². The maximum Gasteiger partial charge on any atom is 0.467 e. The number of rotatable bonds is 1. The van der Waals surface area contributed by atoms with E-state index < -0.39 is 15.6 Å². The van der Waals surface area contributed by atoms with Gasteiger partial charge in [-0.2, -0.15) is 0 Å². The van der Waals surface area contributed by atoms with E-state index in [9.17, 15) is 0 Å². The van der Waals surface area contributed by atoms with Crippen molar-refractivity contribution in [2.75, 3.05) is 0 Å². The molecule has 0 fully saturated rings. The highest BCUT2D eigenvalue weighted by Gasteiger charge is 1.88. The van der Waals surface area contributed by atoms with Crippen LogP contribution < -0.4 is 4.43 Å². The van der Waals surface area contributed by atoms with Crippen molar-refractivity contribution in [3.05, 3.63) is 30.3 Å². The van der Waals surface area contributed by atoms with E-state index in [2.05, 4.69) is 0 Å². The van der Waals surface area contributed by atoms with Crippen LogP contribution in [0.3, 0.4) is 0 Å². The largest absolute Gasteiger partial charge is 0.518 e. The lowest BCUT2D eigenvalue weighted by atomic mass is 10.4. The molecule has 0 aliphatic heterocycles. The minimum absolute atomic E-state index is 0.489. The molecule has 0 spiro atoms. The van der Waals surface area contributed by atoms with Gasteiger partial charge in [0.2, 0.25) is 0 Å². The van der Waals surface area contributed by atoms with Gasteiger partial charge in [-0.3, -0.25) is 0 Å². The van der Waals surface area contributed by atoms with Gasteiger partial charge in [0.25, 0.3) is 0 Å². The van der Waals surface area contributed by atoms with Crippen molar-refractivity contribution < 1.29 is 4.16 Å². The van der Waals surface area contributed by atoms with E-state index in [1.165, 1.54) is 0 Å². The molecule has 0 unspecified atom stereocenters. The molecule has 1 aromatic carbocycles. The van der Waals surface area contributed by atoms with Crippen molar-refractivity contribution in [1.29, 1.82) is 0 Å². The van der Waals surface area contributed by atoms with Gasteiger partial charge < -0.3 is 4.16 Å². The molecule has 1 radical (unpaired) electrons. The normalized spacial score (nSPS) is 8.62. The summed E-state index contributed by atoms with van der Waals surface area (Å²) in [6.45, 7) is 0. The lowest BCUT2D eigenvalue weighted by molar-refractivity contribution is 0.615. The molecule has 39 valence electrons. The summed E-state index contributed by atoms with van der Waals surface area (Å²) in [5.74, 6) is 0. The quantitative estimate of drug-likeness (QED) is 0.515. The average Bonchev–Trinajstić information content (AvgIpc) is 1.90. The zero-order chi connectivity index (χ0) is 5.82. The fraction of sp³-hybridized carbons (Fsp3) is 0. The molecule has 1 nitrogen and oxygen atoms in total. The third-order valence-electron chi connectivity index (χ3n) is 0.949. The van der Waals surface area contributed by atoms with E-state index in [0.717, 1.165) is 4.43 Å². The Balaban J connectivity index is 2.83. The summed E-state index contributed by atoms with van der Waals surface area (Å²) >= 11 is -0.489. The molecule has 1 aromatic rings. The SMILES string of the molecule is [OH][Al][c]1ccccc1. The van der Waals surface area contributed by atoms with Gasteiger partial charge >= 0.3 is 15.6 Å². The van der Waals surface area contributed by atoms with Crippen LogP contribution in [-0.4, -0.2) is 19.7 Å². The summed E-state index contributed by atoms with van der Waals surface area (Å²) in [5.41, 5.74) is 0. The highest BCUT2D eigenvalue weighted by atomic mass is 27.1. The number of hydrogen-bond acceptors (Lipinski definition) is 1. The predicted octanol–water partition coefficient (Wildman–Crippen LogP) is -0.0766. The molecule has 0 amide bonds. The molecule has 0 heterocycles. The molecule has 1 N–H and O–H groups in total. The van der Waals surface area contributed by atoms with E-state index in [4.69, 9.17) is 4.16 Å². The average molecular weight is 121 g/mol. The van der Waals surface area contributed by atoms with Crippen LogP contribution >= 0.6 is 0 Å². The zero-order valence-electron chi connectivity index (χ0n) is 4.41. The Morgan fingerprint density at radius 2 is 1.75 bits per heavy atom. The Morgan fingerprint density at radius 3 is 2.12 bits per heavy atom. The second kappa shape index (κ2) is 2.89. The second-order valence-electron chi connectivity index (χ2n) is 1.54. The minimum Gasteiger partial charge on any atom is -0.518 e. The van der Waals surface area contributed by atoms with Crippen molar-refractivity contribution in [2.45, 2.75) is 0 Å². The summed E-state index contributed by atoms with van der Waals surface area (Å²) in [7, 11) is 0. The molecule has 8 heavy (non-hydrogen) atoms. The molecule has 0 bridgehead atoms. The first-order chi connectivity index (χ1) is 3.93. The fourth-order valence-electron chi connectivity index (χ4n) is 0.539. The van der Waals surface area contributed by atoms with Crippen molar-refractivity contribution in [3.8, 4) is 0 Å². The second-order valence-corrected chi connectivity index (χ2v) is 2.46. The smallest absolute Gasteiger partial charge is 0.467 e. The molecule has 0 atom stereocenters. The van der Waals surface area contributed by atoms with Crippen LogP contribution in [0.5, 0.6) is 0 Å². The van der Waals surface area contributed by atoms with Gasteiger partial charge in [-0.25, -0.2) is 0 Å². The van der Waals surface area contributed by atoms with Crippen molar-refractivity contribution in [1.82, 2.24) is 0 Å². The van der Waals surface area contributed by atoms with Crippen LogP contribution in [0.2, 0.25) is 0 Å². The molecule has 1 rings (SSSR count). The van der Waals surface area contributed by atoms with Gasteiger partial charge in [-0.05, 0) is 0 Å². The van der Waals surface area contributed by atoms with E-state index in [-0.39, 0.29) is 0 Å². The van der Waals surface area contributed by atoms with Gasteiger partial charge in [-0.15, -0.1) is 0 Å². The Kier molecular flexibility index (Phi) is 2.11. The van der Waals surface area contributed by atoms with Crippen LogP contribution in [-0.2, 0) is 0 Å². The molecule has 0 aliphatic carbocycles. The highest BCUT2D eigenvalue weighted by Crippen LogP contribution is 1.78. The Labute approximate surface area is 55.0 Å². The summed E-state index contributed by atoms with van der Waals surface area (Å²) < 4.78 is 9.67. The van der Waals surface area contributed by atoms with Crippen LogP contribution in [0.1, 0.15) is 0 Å². The molecule has 0 saturated heterocycles. The van der Waals surface area contributed by atoms with Crippen LogP contribution in [0.4, 0.5) is 0 Å². The van der Waals surface area contributed by atoms with E-state index in [1.807, 2.05) is 30.3 Å². The third kappa shape index (κ3) is 1.34. The molecule has 2 heteroatoms. The third-order valence-corrected chi connectivity index (χ3v) is 1.63. The lowest BCUT2D eigenvalue weighted by Gasteiger charge is -1.86. The number of benzene rings is 1. The first kappa shape index (κ1) is 5.84. The van der Waals surface area contributed by atoms with E-state index in [0.29, 0.717) is 0 Å². The maximum atomic E-state index is 8.62. The first-order valence-corrected chi connectivity index (χ1v) is 3.55. The van der Waals surface area contributed by atoms with Crippen LogP contribution in [0.25, 0.3) is 0 Å². The van der Waals surface area contributed by atoms with Crippen LogP contribution in [0.15, 0.2) is 30.3 Å². The van der Waals surface area contributed by atoms with Crippen LogP contribution in [0, 0.1) is 0 Å². The Morgan fingerprint density at radius 1 is 1.12 bits per heavy atom. The van der Waals surface area contributed by atoms with Gasteiger partial charge in [-0.1, -0.05) is 34.8 Å². The summed E-state index contributed by atoms with van der Waals surface area (Å²) in [6.07, 6.45) is 0. The van der Waals surface area contributed by atoms with E-state index in [1.54, 1.807) is 0 Å². The van der Waals surface area contributed by atoms with Gasteiger partial charge in [0.05, 0.1) is 0 Å². The fourth-order valence-corrected chi connectivity index (χ4v) is 0.933. The summed E-state index contributed by atoms with van der Waals surface area (Å²) in [4.78, 5) is 0. The standard InChI is InChI=1S/C6H5.Al.H2O/c1-2-4-6-5-3-1;;/h1-5H;;1H2/q;+1;/p-1. The highest BCUT2D eigenvalue weighted by molar-refractivity contribution is 6.45. The van der Waals surface area contributed by atoms with Crippen molar-refractivity contribution in [2.24, 2.45) is 0 Å². The first-order valence-electron chi connectivity index (χ1n) is 2.46. The topological polar surface area (TPSA) is 20.2 Å². The monoisotopic (exact) mass is 121 g/mol. The Hall–Kier alpha value is -0.288. The molecule has 0 saturated carbocycles. The van der Waals surface area contributed by atoms with Gasteiger partial charge in [0.15, 0.2) is 0 Å². The minimum atomic E-state index is -0.489.